The number of hydrogen-bond donors (Lipinski definition) is 0. The van der Waals surface area contributed by atoms with Crippen LogP contribution in [0.25, 0.3) is 0 Å². The molecule has 2 heterocycles. The molecule has 5 nitrogen and oxygen atoms in total. The molecule has 1 saturated heterocycles. The molecule has 0 N–H and O–H groups in total. The summed E-state index contributed by atoms with van der Waals surface area (Å²) in [4.78, 5) is 22.7. The number of ether oxygens (including phenoxy) is 1. The molecule has 0 unspecified atom stereocenters. The van der Waals surface area contributed by atoms with Gasteiger partial charge in [0.05, 0.1) is 17.8 Å². The van der Waals surface area contributed by atoms with Crippen molar-refractivity contribution in [3.63, 3.8) is 0 Å². The molecule has 0 aromatic carbocycles. The summed E-state index contributed by atoms with van der Waals surface area (Å²) in [5.74, 6) is 1.02. The summed E-state index contributed by atoms with van der Waals surface area (Å²) in [5, 5.41) is 0.302. The lowest BCUT2D eigenvalue weighted by molar-refractivity contribution is 0.0386. The highest BCUT2D eigenvalue weighted by Gasteiger charge is 2.23. The van der Waals surface area contributed by atoms with Crippen LogP contribution in [0.2, 0.25) is 5.02 Å². The zero-order valence-corrected chi connectivity index (χ0v) is 13.6. The van der Waals surface area contributed by atoms with Gasteiger partial charge in [0.15, 0.2) is 5.69 Å². The molecule has 1 aromatic heterocycles. The maximum absolute atomic E-state index is 12.5. The highest BCUT2D eigenvalue weighted by molar-refractivity contribution is 6.33. The van der Waals surface area contributed by atoms with Crippen molar-refractivity contribution in [2.24, 2.45) is 5.92 Å². The van der Waals surface area contributed by atoms with Gasteiger partial charge in [-0.15, -0.1) is 0 Å². The Hall–Kier alpha value is -1.20. The third-order valence-corrected chi connectivity index (χ3v) is 3.89. The second-order valence-corrected chi connectivity index (χ2v) is 6.26. The second-order valence-electron chi connectivity index (χ2n) is 5.85. The summed E-state index contributed by atoms with van der Waals surface area (Å²) < 4.78 is 5.45. The maximum Gasteiger partial charge on any atom is 0.273 e. The van der Waals surface area contributed by atoms with Crippen LogP contribution < -0.4 is 0 Å². The van der Waals surface area contributed by atoms with Crippen molar-refractivity contribution >= 4 is 17.5 Å². The van der Waals surface area contributed by atoms with Crippen LogP contribution in [0.1, 0.15) is 48.9 Å². The minimum absolute atomic E-state index is 0.158. The van der Waals surface area contributed by atoms with Crippen molar-refractivity contribution < 1.29 is 9.53 Å². The van der Waals surface area contributed by atoms with E-state index in [1.165, 1.54) is 6.20 Å². The SMILES string of the molecule is CC(C)c1ncc(Cl)c(C(=O)N(C)C[C@H]2CCCOC2)n1. The first-order valence-electron chi connectivity index (χ1n) is 7.34. The van der Waals surface area contributed by atoms with E-state index in [-0.39, 0.29) is 17.5 Å². The summed E-state index contributed by atoms with van der Waals surface area (Å²) in [7, 11) is 1.78. The third kappa shape index (κ3) is 4.14. The van der Waals surface area contributed by atoms with E-state index in [9.17, 15) is 4.79 Å². The molecular formula is C15H22ClN3O2. The Labute approximate surface area is 130 Å². The fourth-order valence-corrected chi connectivity index (χ4v) is 2.58. The lowest BCUT2D eigenvalue weighted by Crippen LogP contribution is -2.35. The first-order chi connectivity index (χ1) is 9.99. The van der Waals surface area contributed by atoms with Crippen molar-refractivity contribution in [1.29, 1.82) is 0 Å². The minimum Gasteiger partial charge on any atom is -0.381 e. The number of nitrogens with zero attached hydrogens (tertiary/aromatic N) is 3. The molecule has 116 valence electrons. The zero-order valence-electron chi connectivity index (χ0n) is 12.8. The monoisotopic (exact) mass is 311 g/mol. The lowest BCUT2D eigenvalue weighted by Gasteiger charge is -2.27. The van der Waals surface area contributed by atoms with Crippen LogP contribution in [0.15, 0.2) is 6.20 Å². The van der Waals surface area contributed by atoms with Gasteiger partial charge in [0.25, 0.3) is 5.91 Å². The van der Waals surface area contributed by atoms with Gasteiger partial charge in [-0.1, -0.05) is 25.4 Å². The summed E-state index contributed by atoms with van der Waals surface area (Å²) in [6.07, 6.45) is 3.65. The molecular weight excluding hydrogens is 290 g/mol. The number of rotatable bonds is 4. The maximum atomic E-state index is 12.5. The number of hydrogen-bond acceptors (Lipinski definition) is 4. The topological polar surface area (TPSA) is 55.3 Å². The Bertz CT molecular complexity index is 502. The Morgan fingerprint density at radius 3 is 2.95 bits per heavy atom. The van der Waals surface area contributed by atoms with Gasteiger partial charge in [0.2, 0.25) is 0 Å². The minimum atomic E-state index is -0.158. The summed E-state index contributed by atoms with van der Waals surface area (Å²) in [6, 6.07) is 0. The lowest BCUT2D eigenvalue weighted by atomic mass is 10.0. The molecule has 1 amide bonds. The Morgan fingerprint density at radius 2 is 2.33 bits per heavy atom. The average Bonchev–Trinajstić information content (AvgIpc) is 2.47. The van der Waals surface area contributed by atoms with Crippen LogP contribution in [0.5, 0.6) is 0 Å². The summed E-state index contributed by atoms with van der Waals surface area (Å²) in [5.41, 5.74) is 0.287. The molecule has 1 fully saturated rings. The molecule has 0 radical (unpaired) electrons. The molecule has 1 aliphatic heterocycles. The molecule has 1 atom stereocenters. The van der Waals surface area contributed by atoms with E-state index < -0.39 is 0 Å². The highest BCUT2D eigenvalue weighted by atomic mass is 35.5. The van der Waals surface area contributed by atoms with Gasteiger partial charge in [-0.3, -0.25) is 4.79 Å². The van der Waals surface area contributed by atoms with Crippen LogP contribution in [0.3, 0.4) is 0 Å². The van der Waals surface area contributed by atoms with Gasteiger partial charge in [-0.05, 0) is 18.8 Å². The second kappa shape index (κ2) is 7.18. The van der Waals surface area contributed by atoms with Gasteiger partial charge < -0.3 is 9.64 Å². The molecule has 0 saturated carbocycles. The van der Waals surface area contributed by atoms with Crippen molar-refractivity contribution in [2.45, 2.75) is 32.6 Å². The van der Waals surface area contributed by atoms with Crippen molar-refractivity contribution in [1.82, 2.24) is 14.9 Å². The number of aromatic nitrogens is 2. The summed E-state index contributed by atoms with van der Waals surface area (Å²) in [6.45, 7) is 6.17. The molecule has 1 aliphatic rings. The molecule has 21 heavy (non-hydrogen) atoms. The fourth-order valence-electron chi connectivity index (χ4n) is 2.41. The van der Waals surface area contributed by atoms with Crippen LogP contribution in [0, 0.1) is 5.92 Å². The largest absolute Gasteiger partial charge is 0.381 e. The summed E-state index contributed by atoms with van der Waals surface area (Å²) >= 11 is 6.09. The molecule has 0 spiro atoms. The van der Waals surface area contributed by atoms with E-state index in [1.807, 2.05) is 13.8 Å². The number of halogens is 1. The molecule has 0 aliphatic carbocycles. The predicted octanol–water partition coefficient (Wildman–Crippen LogP) is 2.75. The number of amides is 1. The Morgan fingerprint density at radius 1 is 1.57 bits per heavy atom. The third-order valence-electron chi connectivity index (χ3n) is 3.62. The van der Waals surface area contributed by atoms with Crippen molar-refractivity contribution in [3.8, 4) is 0 Å². The Balaban J connectivity index is 2.09. The van der Waals surface area contributed by atoms with Gasteiger partial charge in [0, 0.05) is 26.1 Å². The van der Waals surface area contributed by atoms with Crippen molar-refractivity contribution in [2.75, 3.05) is 26.8 Å². The zero-order chi connectivity index (χ0) is 15.4. The van der Waals surface area contributed by atoms with Gasteiger partial charge in [-0.25, -0.2) is 9.97 Å². The smallest absolute Gasteiger partial charge is 0.273 e. The number of carbonyl (C=O) groups is 1. The first kappa shape index (κ1) is 16.2. The predicted molar refractivity (Wildman–Crippen MR) is 81.6 cm³/mol. The van der Waals surface area contributed by atoms with Gasteiger partial charge in [-0.2, -0.15) is 0 Å². The van der Waals surface area contributed by atoms with Crippen LogP contribution >= 0.6 is 11.6 Å². The number of carbonyl (C=O) groups excluding carboxylic acids is 1. The van der Waals surface area contributed by atoms with E-state index >= 15 is 0 Å². The van der Waals surface area contributed by atoms with Crippen molar-refractivity contribution in [3.05, 3.63) is 22.7 Å². The van der Waals surface area contributed by atoms with Gasteiger partial charge in [0.1, 0.15) is 5.82 Å². The van der Waals surface area contributed by atoms with Crippen LogP contribution in [0.4, 0.5) is 0 Å². The molecule has 1 aromatic rings. The van der Waals surface area contributed by atoms with Gasteiger partial charge >= 0.3 is 0 Å². The Kier molecular flexibility index (Phi) is 5.53. The quantitative estimate of drug-likeness (QED) is 0.858. The standard InChI is InChI=1S/C15H22ClN3O2/c1-10(2)14-17-7-12(16)13(18-14)15(20)19(3)8-11-5-4-6-21-9-11/h7,10-11H,4-6,8-9H2,1-3H3/t11-/m1/s1. The van der Waals surface area contributed by atoms with E-state index in [1.54, 1.807) is 11.9 Å². The van der Waals surface area contributed by atoms with E-state index in [4.69, 9.17) is 16.3 Å². The molecule has 0 bridgehead atoms. The normalized spacial score (nSPS) is 18.8. The van der Waals surface area contributed by atoms with Crippen LogP contribution in [-0.4, -0.2) is 47.6 Å². The fraction of sp³-hybridized carbons (Fsp3) is 0.667. The highest BCUT2D eigenvalue weighted by Crippen LogP contribution is 2.19. The molecule has 6 heteroatoms. The van der Waals surface area contributed by atoms with Crippen LogP contribution in [-0.2, 0) is 4.74 Å². The van der Waals surface area contributed by atoms with E-state index in [0.29, 0.717) is 29.9 Å². The molecule has 2 rings (SSSR count). The van der Waals surface area contributed by atoms with E-state index in [0.717, 1.165) is 19.4 Å². The first-order valence-corrected chi connectivity index (χ1v) is 7.72. The average molecular weight is 312 g/mol. The van der Waals surface area contributed by atoms with E-state index in [2.05, 4.69) is 9.97 Å².